The van der Waals surface area contributed by atoms with Gasteiger partial charge in [-0.3, -0.25) is 4.90 Å². The van der Waals surface area contributed by atoms with E-state index in [1.54, 1.807) is 24.3 Å². The van der Waals surface area contributed by atoms with Gasteiger partial charge in [0.25, 0.3) is 0 Å². The van der Waals surface area contributed by atoms with Crippen LogP contribution in [0.25, 0.3) is 4.91 Å². The number of hydrogen-bond acceptors (Lipinski definition) is 5. The first-order valence-corrected chi connectivity index (χ1v) is 11.4. The quantitative estimate of drug-likeness (QED) is 0.327. The molecule has 4 rings (SSSR count). The fourth-order valence-electron chi connectivity index (χ4n) is 3.65. The standard InChI is InChI=1S/C27H27NO3S/c1-3-14-28-17-26(18-28)31-25-12-4-20(5-13-25)15-22-8-11-24(30)16-27(22)32-19(2)21-6-9-23(29)10-7-21/h3-13,16,26,29-30H,1-2,14-15,17-18H2. The summed E-state index contributed by atoms with van der Waals surface area (Å²) >= 11 is 1.52. The third kappa shape index (κ3) is 5.55. The monoisotopic (exact) mass is 445 g/mol. The Balaban J connectivity index is 1.41. The third-order valence-corrected chi connectivity index (χ3v) is 6.49. The van der Waals surface area contributed by atoms with E-state index < -0.39 is 0 Å². The van der Waals surface area contributed by atoms with Crippen LogP contribution in [0.2, 0.25) is 0 Å². The van der Waals surface area contributed by atoms with E-state index in [1.165, 1.54) is 17.3 Å². The molecule has 3 aromatic carbocycles. The Kier molecular flexibility index (Phi) is 6.88. The number of phenolic OH excluding ortho intramolecular Hbond substituents is 2. The van der Waals surface area contributed by atoms with Crippen LogP contribution in [0.4, 0.5) is 0 Å². The first kappa shape index (κ1) is 22.1. The number of benzene rings is 3. The summed E-state index contributed by atoms with van der Waals surface area (Å²) < 4.78 is 6.04. The van der Waals surface area contributed by atoms with E-state index in [0.29, 0.717) is 0 Å². The van der Waals surface area contributed by atoms with Crippen LogP contribution in [0, 0.1) is 0 Å². The lowest BCUT2D eigenvalue weighted by Gasteiger charge is -2.38. The van der Waals surface area contributed by atoms with Crippen molar-refractivity contribution in [3.05, 3.63) is 103 Å². The van der Waals surface area contributed by atoms with Crippen molar-refractivity contribution in [1.29, 1.82) is 0 Å². The van der Waals surface area contributed by atoms with E-state index in [-0.39, 0.29) is 17.6 Å². The topological polar surface area (TPSA) is 52.9 Å². The van der Waals surface area contributed by atoms with E-state index in [4.69, 9.17) is 4.74 Å². The number of aromatic hydroxyl groups is 2. The van der Waals surface area contributed by atoms with Crippen molar-refractivity contribution in [3.63, 3.8) is 0 Å². The van der Waals surface area contributed by atoms with Gasteiger partial charge in [0.2, 0.25) is 0 Å². The number of thioether (sulfide) groups is 1. The van der Waals surface area contributed by atoms with Crippen LogP contribution in [0.3, 0.4) is 0 Å². The molecular weight excluding hydrogens is 418 g/mol. The maximum atomic E-state index is 10.0. The second-order valence-corrected chi connectivity index (χ2v) is 9.07. The summed E-state index contributed by atoms with van der Waals surface area (Å²) in [5.74, 6) is 1.34. The van der Waals surface area contributed by atoms with Crippen molar-refractivity contribution in [2.75, 3.05) is 19.6 Å². The predicted octanol–water partition coefficient (Wildman–Crippen LogP) is 5.70. The van der Waals surface area contributed by atoms with Crippen LogP contribution < -0.4 is 4.74 Å². The van der Waals surface area contributed by atoms with Gasteiger partial charge in [0, 0.05) is 29.4 Å². The van der Waals surface area contributed by atoms with Crippen molar-refractivity contribution < 1.29 is 14.9 Å². The molecule has 4 nitrogen and oxygen atoms in total. The van der Waals surface area contributed by atoms with Gasteiger partial charge in [-0.25, -0.2) is 0 Å². The van der Waals surface area contributed by atoms with Gasteiger partial charge >= 0.3 is 0 Å². The third-order valence-electron chi connectivity index (χ3n) is 5.40. The normalized spacial score (nSPS) is 14.0. The Hall–Kier alpha value is -3.15. The van der Waals surface area contributed by atoms with Crippen LogP contribution >= 0.6 is 11.8 Å². The van der Waals surface area contributed by atoms with Gasteiger partial charge in [-0.15, -0.1) is 6.58 Å². The number of hydrogen-bond donors (Lipinski definition) is 2. The zero-order chi connectivity index (χ0) is 22.5. The Morgan fingerprint density at radius 2 is 1.69 bits per heavy atom. The highest BCUT2D eigenvalue weighted by Crippen LogP contribution is 2.38. The predicted molar refractivity (Wildman–Crippen MR) is 131 cm³/mol. The molecular formula is C27H27NO3S. The van der Waals surface area contributed by atoms with E-state index in [9.17, 15) is 10.2 Å². The molecule has 0 saturated carbocycles. The minimum absolute atomic E-state index is 0.225. The summed E-state index contributed by atoms with van der Waals surface area (Å²) in [4.78, 5) is 4.11. The Labute approximate surface area is 193 Å². The summed E-state index contributed by atoms with van der Waals surface area (Å²) in [5, 5.41) is 19.5. The minimum atomic E-state index is 0.225. The molecule has 5 heteroatoms. The van der Waals surface area contributed by atoms with Crippen molar-refractivity contribution >= 4 is 16.7 Å². The highest BCUT2D eigenvalue weighted by molar-refractivity contribution is 8.08. The molecule has 0 spiro atoms. The first-order chi connectivity index (χ1) is 15.5. The van der Waals surface area contributed by atoms with E-state index in [1.807, 2.05) is 36.4 Å². The van der Waals surface area contributed by atoms with Gasteiger partial charge in [-0.1, -0.05) is 54.7 Å². The van der Waals surface area contributed by atoms with Crippen molar-refractivity contribution in [2.24, 2.45) is 0 Å². The van der Waals surface area contributed by atoms with Gasteiger partial charge in [-0.05, 0) is 59.5 Å². The van der Waals surface area contributed by atoms with Crippen LogP contribution in [0.15, 0.2) is 90.9 Å². The Morgan fingerprint density at radius 3 is 2.38 bits per heavy atom. The number of nitrogens with zero attached hydrogens (tertiary/aromatic N) is 1. The molecule has 1 saturated heterocycles. The molecule has 0 aromatic heterocycles. The van der Waals surface area contributed by atoms with Crippen molar-refractivity contribution in [3.8, 4) is 17.2 Å². The molecule has 1 aliphatic heterocycles. The minimum Gasteiger partial charge on any atom is -0.508 e. The second kappa shape index (κ2) is 9.98. The maximum Gasteiger partial charge on any atom is 0.124 e. The van der Waals surface area contributed by atoms with Gasteiger partial charge in [0.15, 0.2) is 0 Å². The van der Waals surface area contributed by atoms with Crippen LogP contribution in [-0.2, 0) is 6.42 Å². The Bertz CT molecular complexity index is 1090. The van der Waals surface area contributed by atoms with Gasteiger partial charge < -0.3 is 14.9 Å². The second-order valence-electron chi connectivity index (χ2n) is 7.93. The molecule has 2 N–H and O–H groups in total. The zero-order valence-electron chi connectivity index (χ0n) is 17.9. The van der Waals surface area contributed by atoms with Crippen molar-refractivity contribution in [2.45, 2.75) is 17.4 Å². The van der Waals surface area contributed by atoms with E-state index in [0.717, 1.165) is 52.7 Å². The summed E-state index contributed by atoms with van der Waals surface area (Å²) in [5.41, 5.74) is 3.22. The van der Waals surface area contributed by atoms with Crippen LogP contribution in [0.1, 0.15) is 16.7 Å². The number of ether oxygens (including phenoxy) is 1. The number of phenols is 2. The molecule has 0 bridgehead atoms. The molecule has 0 atom stereocenters. The lowest BCUT2D eigenvalue weighted by atomic mass is 10.0. The molecule has 0 radical (unpaired) electrons. The summed E-state index contributed by atoms with van der Waals surface area (Å²) in [7, 11) is 0. The SMILES string of the molecule is C=CCN1CC(Oc2ccc(Cc3ccc(O)cc3SC(=C)c3ccc(O)cc3)cc2)C1. The zero-order valence-corrected chi connectivity index (χ0v) is 18.7. The highest BCUT2D eigenvalue weighted by Gasteiger charge is 2.27. The Morgan fingerprint density at radius 1 is 1.00 bits per heavy atom. The summed E-state index contributed by atoms with van der Waals surface area (Å²) in [6.45, 7) is 10.7. The molecule has 0 amide bonds. The molecule has 0 unspecified atom stereocenters. The largest absolute Gasteiger partial charge is 0.508 e. The lowest BCUT2D eigenvalue weighted by molar-refractivity contribution is 0.0283. The van der Waals surface area contributed by atoms with Crippen LogP contribution in [0.5, 0.6) is 17.2 Å². The molecule has 32 heavy (non-hydrogen) atoms. The summed E-state index contributed by atoms with van der Waals surface area (Å²) in [6, 6.07) is 20.6. The number of likely N-dealkylation sites (tertiary alicyclic amines) is 1. The van der Waals surface area contributed by atoms with Gasteiger partial charge in [0.1, 0.15) is 23.4 Å². The van der Waals surface area contributed by atoms with E-state index in [2.05, 4.69) is 30.2 Å². The fourth-order valence-corrected chi connectivity index (χ4v) is 4.62. The first-order valence-electron chi connectivity index (χ1n) is 10.6. The van der Waals surface area contributed by atoms with Gasteiger partial charge in [0.05, 0.1) is 0 Å². The van der Waals surface area contributed by atoms with Gasteiger partial charge in [-0.2, -0.15) is 0 Å². The average Bonchev–Trinajstić information content (AvgIpc) is 2.76. The highest BCUT2D eigenvalue weighted by atomic mass is 32.2. The van der Waals surface area contributed by atoms with Crippen molar-refractivity contribution in [1.82, 2.24) is 4.90 Å². The molecule has 1 aliphatic rings. The molecule has 1 fully saturated rings. The number of rotatable bonds is 9. The fraction of sp³-hybridized carbons (Fsp3) is 0.185. The molecule has 3 aromatic rings. The average molecular weight is 446 g/mol. The maximum absolute atomic E-state index is 10.0. The molecule has 1 heterocycles. The van der Waals surface area contributed by atoms with Crippen LogP contribution in [-0.4, -0.2) is 40.9 Å². The molecule has 0 aliphatic carbocycles. The summed E-state index contributed by atoms with van der Waals surface area (Å²) in [6.07, 6.45) is 2.90. The smallest absolute Gasteiger partial charge is 0.124 e. The molecule has 164 valence electrons. The lowest BCUT2D eigenvalue weighted by Crippen LogP contribution is -2.53. The van der Waals surface area contributed by atoms with E-state index >= 15 is 0 Å².